The van der Waals surface area contributed by atoms with E-state index in [0.29, 0.717) is 0 Å². The van der Waals surface area contributed by atoms with E-state index in [4.69, 9.17) is 0 Å². The molecule has 0 fully saturated rings. The number of hydrogen-bond donors (Lipinski definition) is 0. The predicted molar refractivity (Wildman–Crippen MR) is 72.1 cm³/mol. The molecule has 0 aliphatic rings. The summed E-state index contributed by atoms with van der Waals surface area (Å²) < 4.78 is 0. The molecule has 0 heteroatoms. The largest absolute Gasteiger partial charge is 0.0984 e. The van der Waals surface area contributed by atoms with Gasteiger partial charge in [-0.1, -0.05) is 57.7 Å². The van der Waals surface area contributed by atoms with E-state index >= 15 is 0 Å². The molecule has 0 aliphatic heterocycles. The van der Waals surface area contributed by atoms with Crippen molar-refractivity contribution in [2.75, 3.05) is 0 Å². The molecule has 1 aromatic carbocycles. The van der Waals surface area contributed by atoms with Gasteiger partial charge in [-0.05, 0) is 36.1 Å². The first-order chi connectivity index (χ1) is 7.12. The number of hydrogen-bond acceptors (Lipinski definition) is 0. The average Bonchev–Trinajstić information content (AvgIpc) is 2.22. The van der Waals surface area contributed by atoms with Crippen molar-refractivity contribution in [3.05, 3.63) is 47.5 Å². The van der Waals surface area contributed by atoms with Gasteiger partial charge in [-0.2, -0.15) is 0 Å². The molecule has 0 nitrogen and oxygen atoms in total. The van der Waals surface area contributed by atoms with E-state index in [0.717, 1.165) is 0 Å². The van der Waals surface area contributed by atoms with Crippen molar-refractivity contribution in [1.82, 2.24) is 0 Å². The van der Waals surface area contributed by atoms with Crippen LogP contribution in [0.25, 0.3) is 12.2 Å². The summed E-state index contributed by atoms with van der Waals surface area (Å²) in [5.41, 5.74) is 4.91. The van der Waals surface area contributed by atoms with Crippen LogP contribution in [0.15, 0.2) is 25.3 Å². The van der Waals surface area contributed by atoms with Gasteiger partial charge in [0.25, 0.3) is 0 Å². The van der Waals surface area contributed by atoms with Crippen molar-refractivity contribution < 1.29 is 0 Å². The fraction of sp³-hybridized carbons (Fsp3) is 0.333. The maximum Gasteiger partial charge on any atom is -0.0158 e. The molecular formula is C15H22. The molecule has 0 heterocycles. The van der Waals surface area contributed by atoms with Gasteiger partial charge in [-0.3, -0.25) is 0 Å². The Balaban J connectivity index is 0.000000583. The summed E-state index contributed by atoms with van der Waals surface area (Å²) in [5.74, 6) is 0. The Bertz CT molecular complexity index is 299. The van der Waals surface area contributed by atoms with Crippen LogP contribution in [-0.4, -0.2) is 0 Å². The van der Waals surface area contributed by atoms with Crippen LogP contribution >= 0.6 is 0 Å². The van der Waals surface area contributed by atoms with Crippen LogP contribution in [-0.2, 0) is 0 Å². The van der Waals surface area contributed by atoms with Crippen molar-refractivity contribution in [2.24, 2.45) is 0 Å². The maximum atomic E-state index is 3.79. The minimum absolute atomic E-state index is 1.20. The lowest BCUT2D eigenvalue weighted by Gasteiger charge is -2.07. The first-order valence-electron chi connectivity index (χ1n) is 5.47. The highest BCUT2D eigenvalue weighted by molar-refractivity contribution is 5.68. The fourth-order valence-electron chi connectivity index (χ4n) is 1.40. The third-order valence-electron chi connectivity index (χ3n) is 2.13. The maximum absolute atomic E-state index is 3.79. The van der Waals surface area contributed by atoms with Crippen molar-refractivity contribution >= 4 is 12.2 Å². The van der Waals surface area contributed by atoms with Gasteiger partial charge >= 0.3 is 0 Å². The highest BCUT2D eigenvalue weighted by atomic mass is 14.1. The number of aryl methyl sites for hydroxylation is 2. The zero-order chi connectivity index (χ0) is 11.8. The Morgan fingerprint density at radius 1 is 0.933 bits per heavy atom. The van der Waals surface area contributed by atoms with Gasteiger partial charge < -0.3 is 0 Å². The first-order valence-corrected chi connectivity index (χ1v) is 5.47. The molecule has 0 unspecified atom stereocenters. The van der Waals surface area contributed by atoms with Crippen molar-refractivity contribution in [3.63, 3.8) is 0 Å². The predicted octanol–water partition coefficient (Wildman–Crippen LogP) is 5.01. The molecule has 0 aromatic heterocycles. The molecule has 0 saturated heterocycles. The summed E-state index contributed by atoms with van der Waals surface area (Å²) in [7, 11) is 0. The van der Waals surface area contributed by atoms with Crippen LogP contribution in [0.4, 0.5) is 0 Å². The SMILES string of the molecule is C=Cc1c(C)ccc(C)c1C=C.CCC. The number of benzene rings is 1. The van der Waals surface area contributed by atoms with Gasteiger partial charge in [0.15, 0.2) is 0 Å². The molecule has 1 aromatic rings. The summed E-state index contributed by atoms with van der Waals surface area (Å²) in [6.45, 7) is 16.0. The lowest BCUT2D eigenvalue weighted by molar-refractivity contribution is 1.09. The second-order valence-electron chi connectivity index (χ2n) is 3.64. The molecular weight excluding hydrogens is 180 g/mol. The third-order valence-corrected chi connectivity index (χ3v) is 2.13. The normalized spacial score (nSPS) is 8.80. The molecule has 0 radical (unpaired) electrons. The summed E-state index contributed by atoms with van der Waals surface area (Å²) in [5, 5.41) is 0. The molecule has 0 saturated carbocycles. The highest BCUT2D eigenvalue weighted by Crippen LogP contribution is 2.20. The van der Waals surface area contributed by atoms with Crippen LogP contribution in [0.5, 0.6) is 0 Å². The van der Waals surface area contributed by atoms with Crippen LogP contribution in [0, 0.1) is 13.8 Å². The van der Waals surface area contributed by atoms with Crippen LogP contribution in [0.1, 0.15) is 42.5 Å². The van der Waals surface area contributed by atoms with E-state index in [1.807, 2.05) is 12.2 Å². The Morgan fingerprint density at radius 3 is 1.40 bits per heavy atom. The minimum atomic E-state index is 1.20. The van der Waals surface area contributed by atoms with Crippen LogP contribution in [0.2, 0.25) is 0 Å². The number of rotatable bonds is 2. The molecule has 0 N–H and O–H groups in total. The Kier molecular flexibility index (Phi) is 6.44. The van der Waals surface area contributed by atoms with E-state index in [2.05, 4.69) is 53.0 Å². The van der Waals surface area contributed by atoms with E-state index in [1.54, 1.807) is 0 Å². The quantitative estimate of drug-likeness (QED) is 0.632. The standard InChI is InChI=1S/C12H14.C3H8/c1-5-11-9(3)7-8-10(4)12(11)6-2;1-3-2/h5-8H,1-2H2,3-4H3;3H2,1-2H3. The molecule has 1 rings (SSSR count). The Hall–Kier alpha value is -1.30. The summed E-state index contributed by atoms with van der Waals surface area (Å²) in [4.78, 5) is 0. The summed E-state index contributed by atoms with van der Waals surface area (Å²) in [6.07, 6.45) is 5.03. The Labute approximate surface area is 94.3 Å². The summed E-state index contributed by atoms with van der Waals surface area (Å²) >= 11 is 0. The Morgan fingerprint density at radius 2 is 1.20 bits per heavy atom. The van der Waals surface area contributed by atoms with Crippen LogP contribution < -0.4 is 0 Å². The fourth-order valence-corrected chi connectivity index (χ4v) is 1.40. The second kappa shape index (κ2) is 7.05. The molecule has 82 valence electrons. The zero-order valence-corrected chi connectivity index (χ0v) is 10.4. The second-order valence-corrected chi connectivity index (χ2v) is 3.64. The highest BCUT2D eigenvalue weighted by Gasteiger charge is 2.01. The van der Waals surface area contributed by atoms with E-state index in [9.17, 15) is 0 Å². The molecule has 15 heavy (non-hydrogen) atoms. The topological polar surface area (TPSA) is 0 Å². The smallest absolute Gasteiger partial charge is 0.0158 e. The minimum Gasteiger partial charge on any atom is -0.0984 e. The van der Waals surface area contributed by atoms with Gasteiger partial charge in [0, 0.05) is 0 Å². The van der Waals surface area contributed by atoms with Gasteiger partial charge in [-0.25, -0.2) is 0 Å². The van der Waals surface area contributed by atoms with Gasteiger partial charge in [0.05, 0.1) is 0 Å². The van der Waals surface area contributed by atoms with Crippen molar-refractivity contribution in [2.45, 2.75) is 34.1 Å². The molecule has 0 spiro atoms. The molecule has 0 amide bonds. The van der Waals surface area contributed by atoms with E-state index in [1.165, 1.54) is 28.7 Å². The van der Waals surface area contributed by atoms with Gasteiger partial charge in [0.2, 0.25) is 0 Å². The summed E-state index contributed by atoms with van der Waals surface area (Å²) in [6, 6.07) is 4.22. The van der Waals surface area contributed by atoms with Crippen molar-refractivity contribution in [1.29, 1.82) is 0 Å². The third kappa shape index (κ3) is 3.75. The average molecular weight is 202 g/mol. The zero-order valence-electron chi connectivity index (χ0n) is 10.4. The van der Waals surface area contributed by atoms with Gasteiger partial charge in [-0.15, -0.1) is 0 Å². The van der Waals surface area contributed by atoms with Gasteiger partial charge in [0.1, 0.15) is 0 Å². The van der Waals surface area contributed by atoms with E-state index < -0.39 is 0 Å². The molecule has 0 atom stereocenters. The monoisotopic (exact) mass is 202 g/mol. The van der Waals surface area contributed by atoms with E-state index in [-0.39, 0.29) is 0 Å². The first kappa shape index (κ1) is 13.7. The van der Waals surface area contributed by atoms with Crippen LogP contribution in [0.3, 0.4) is 0 Å². The lowest BCUT2D eigenvalue weighted by atomic mass is 9.97. The molecule has 0 bridgehead atoms. The van der Waals surface area contributed by atoms with Crippen molar-refractivity contribution in [3.8, 4) is 0 Å². The lowest BCUT2D eigenvalue weighted by Crippen LogP contribution is -1.89. The molecule has 0 aliphatic carbocycles.